The molecule has 1 aliphatic carbocycles. The summed E-state index contributed by atoms with van der Waals surface area (Å²) in [7, 11) is 0. The van der Waals surface area contributed by atoms with Crippen molar-refractivity contribution in [2.75, 3.05) is 18.4 Å². The van der Waals surface area contributed by atoms with Gasteiger partial charge in [-0.05, 0) is 45.2 Å². The molecule has 0 bridgehead atoms. The van der Waals surface area contributed by atoms with Gasteiger partial charge in [0.05, 0.1) is 6.54 Å². The molecule has 2 fully saturated rings. The minimum atomic E-state index is 0.361. The Morgan fingerprint density at radius 3 is 3.04 bits per heavy atom. The van der Waals surface area contributed by atoms with Gasteiger partial charge >= 0.3 is 0 Å². The molecule has 0 amide bonds. The van der Waals surface area contributed by atoms with Crippen LogP contribution in [-0.2, 0) is 6.54 Å². The first-order chi connectivity index (χ1) is 11.3. The summed E-state index contributed by atoms with van der Waals surface area (Å²) in [5, 5.41) is 7.56. The third kappa shape index (κ3) is 3.67. The number of nitrogens with zero attached hydrogens (tertiary/aromatic N) is 5. The molecule has 1 aliphatic heterocycles. The maximum atomic E-state index is 5.34. The van der Waals surface area contributed by atoms with Crippen LogP contribution in [0.1, 0.15) is 49.0 Å². The highest BCUT2D eigenvalue weighted by atomic mass is 16.5. The standard InChI is InChI=1S/C16H22N6O/c1-11-6-7-17-16(18-11)19-13-3-2-8-22(9-13)10-14-20-15(23-21-14)12-4-5-12/h6-7,12-13H,2-5,8-10H2,1H3,(H,17,18,19). The van der Waals surface area contributed by atoms with E-state index in [2.05, 4.69) is 30.3 Å². The van der Waals surface area contributed by atoms with E-state index in [1.165, 1.54) is 12.8 Å². The lowest BCUT2D eigenvalue weighted by Crippen LogP contribution is -2.42. The molecule has 0 radical (unpaired) electrons. The molecule has 1 saturated heterocycles. The molecule has 1 unspecified atom stereocenters. The van der Waals surface area contributed by atoms with Crippen molar-refractivity contribution in [1.29, 1.82) is 0 Å². The van der Waals surface area contributed by atoms with Crippen LogP contribution >= 0.6 is 0 Å². The lowest BCUT2D eigenvalue weighted by atomic mass is 10.1. The zero-order valence-electron chi connectivity index (χ0n) is 13.4. The van der Waals surface area contributed by atoms with Gasteiger partial charge in [-0.25, -0.2) is 9.97 Å². The Balaban J connectivity index is 1.34. The van der Waals surface area contributed by atoms with E-state index in [-0.39, 0.29) is 0 Å². The molecule has 0 aromatic carbocycles. The first-order valence-corrected chi connectivity index (χ1v) is 8.37. The van der Waals surface area contributed by atoms with E-state index in [9.17, 15) is 0 Å². The van der Waals surface area contributed by atoms with Crippen molar-refractivity contribution in [3.63, 3.8) is 0 Å². The van der Waals surface area contributed by atoms with E-state index >= 15 is 0 Å². The van der Waals surface area contributed by atoms with Crippen molar-refractivity contribution in [3.05, 3.63) is 29.7 Å². The zero-order valence-corrected chi connectivity index (χ0v) is 13.4. The summed E-state index contributed by atoms with van der Waals surface area (Å²) in [6.07, 6.45) is 6.45. The van der Waals surface area contributed by atoms with Crippen molar-refractivity contribution in [3.8, 4) is 0 Å². The van der Waals surface area contributed by atoms with Crippen LogP contribution in [0.15, 0.2) is 16.8 Å². The van der Waals surface area contributed by atoms with Gasteiger partial charge in [0.2, 0.25) is 11.8 Å². The van der Waals surface area contributed by atoms with Gasteiger partial charge in [0, 0.05) is 30.4 Å². The summed E-state index contributed by atoms with van der Waals surface area (Å²) in [5.41, 5.74) is 0.981. The number of hydrogen-bond acceptors (Lipinski definition) is 7. The van der Waals surface area contributed by atoms with Crippen LogP contribution in [0.4, 0.5) is 5.95 Å². The van der Waals surface area contributed by atoms with Crippen molar-refractivity contribution in [1.82, 2.24) is 25.0 Å². The highest BCUT2D eigenvalue weighted by Gasteiger charge is 2.30. The SMILES string of the molecule is Cc1ccnc(NC2CCCN(Cc3noc(C4CC4)n3)C2)n1. The number of aryl methyl sites for hydroxylation is 1. The molecule has 3 heterocycles. The molecule has 23 heavy (non-hydrogen) atoms. The van der Waals surface area contributed by atoms with Gasteiger partial charge in [0.25, 0.3) is 0 Å². The highest BCUT2D eigenvalue weighted by molar-refractivity contribution is 5.26. The molecule has 1 saturated carbocycles. The Hall–Kier alpha value is -2.02. The van der Waals surface area contributed by atoms with Crippen LogP contribution in [0.2, 0.25) is 0 Å². The topological polar surface area (TPSA) is 80.0 Å². The molecule has 0 spiro atoms. The molecular formula is C16H22N6O. The van der Waals surface area contributed by atoms with Gasteiger partial charge in [-0.15, -0.1) is 0 Å². The summed E-state index contributed by atoms with van der Waals surface area (Å²) < 4.78 is 5.34. The van der Waals surface area contributed by atoms with Gasteiger partial charge in [0.1, 0.15) is 0 Å². The molecule has 2 aromatic heterocycles. The van der Waals surface area contributed by atoms with Gasteiger partial charge in [-0.1, -0.05) is 5.16 Å². The summed E-state index contributed by atoms with van der Waals surface area (Å²) in [5.74, 6) is 2.86. The first-order valence-electron chi connectivity index (χ1n) is 8.37. The van der Waals surface area contributed by atoms with E-state index in [0.717, 1.165) is 49.9 Å². The first kappa shape index (κ1) is 14.6. The molecule has 2 aliphatic rings. The number of piperidine rings is 1. The smallest absolute Gasteiger partial charge is 0.229 e. The molecule has 7 heteroatoms. The lowest BCUT2D eigenvalue weighted by molar-refractivity contribution is 0.201. The van der Waals surface area contributed by atoms with Crippen LogP contribution < -0.4 is 5.32 Å². The van der Waals surface area contributed by atoms with Gasteiger partial charge in [-0.2, -0.15) is 4.98 Å². The van der Waals surface area contributed by atoms with E-state index < -0.39 is 0 Å². The predicted molar refractivity (Wildman–Crippen MR) is 85.0 cm³/mol. The van der Waals surface area contributed by atoms with Crippen LogP contribution in [0, 0.1) is 6.92 Å². The fraction of sp³-hybridized carbons (Fsp3) is 0.625. The Labute approximate surface area is 135 Å². The van der Waals surface area contributed by atoms with Gasteiger partial charge in [-0.3, -0.25) is 4.90 Å². The van der Waals surface area contributed by atoms with Gasteiger partial charge < -0.3 is 9.84 Å². The molecule has 1 N–H and O–H groups in total. The zero-order chi connectivity index (χ0) is 15.6. The largest absolute Gasteiger partial charge is 0.350 e. The summed E-state index contributed by atoms with van der Waals surface area (Å²) in [6.45, 7) is 4.75. The van der Waals surface area contributed by atoms with Gasteiger partial charge in [0.15, 0.2) is 5.82 Å². The summed E-state index contributed by atoms with van der Waals surface area (Å²) >= 11 is 0. The predicted octanol–water partition coefficient (Wildman–Crippen LogP) is 2.12. The van der Waals surface area contributed by atoms with Crippen LogP contribution in [0.3, 0.4) is 0 Å². The third-order valence-corrected chi connectivity index (χ3v) is 4.41. The Kier molecular flexibility index (Phi) is 3.95. The van der Waals surface area contributed by atoms with Crippen LogP contribution in [0.25, 0.3) is 0 Å². The van der Waals surface area contributed by atoms with Crippen molar-refractivity contribution in [2.45, 2.75) is 51.1 Å². The minimum Gasteiger partial charge on any atom is -0.350 e. The number of rotatable bonds is 5. The van der Waals surface area contributed by atoms with E-state index in [1.54, 1.807) is 6.20 Å². The number of nitrogens with one attached hydrogen (secondary N) is 1. The normalized spacial score (nSPS) is 22.2. The molecule has 2 aromatic rings. The van der Waals surface area contributed by atoms with Crippen LogP contribution in [-0.4, -0.2) is 44.1 Å². The second-order valence-corrected chi connectivity index (χ2v) is 6.56. The molecule has 4 rings (SSSR count). The Morgan fingerprint density at radius 1 is 1.30 bits per heavy atom. The van der Waals surface area contributed by atoms with Crippen molar-refractivity contribution >= 4 is 5.95 Å². The number of anilines is 1. The third-order valence-electron chi connectivity index (χ3n) is 4.41. The molecule has 1 atom stereocenters. The fourth-order valence-electron chi connectivity index (χ4n) is 3.05. The number of likely N-dealkylation sites (tertiary alicyclic amines) is 1. The van der Waals surface area contributed by atoms with E-state index in [0.29, 0.717) is 17.9 Å². The Morgan fingerprint density at radius 2 is 2.22 bits per heavy atom. The molecular weight excluding hydrogens is 292 g/mol. The maximum absolute atomic E-state index is 5.34. The summed E-state index contributed by atoms with van der Waals surface area (Å²) in [6, 6.07) is 2.27. The van der Waals surface area contributed by atoms with Crippen molar-refractivity contribution < 1.29 is 4.52 Å². The second kappa shape index (κ2) is 6.23. The minimum absolute atomic E-state index is 0.361. The summed E-state index contributed by atoms with van der Waals surface area (Å²) in [4.78, 5) is 15.6. The average molecular weight is 314 g/mol. The molecule has 7 nitrogen and oxygen atoms in total. The maximum Gasteiger partial charge on any atom is 0.229 e. The highest BCUT2D eigenvalue weighted by Crippen LogP contribution is 2.38. The van der Waals surface area contributed by atoms with Crippen LogP contribution in [0.5, 0.6) is 0 Å². The Bertz CT molecular complexity index is 668. The fourth-order valence-corrected chi connectivity index (χ4v) is 3.05. The molecule has 122 valence electrons. The average Bonchev–Trinajstić information content (AvgIpc) is 3.28. The van der Waals surface area contributed by atoms with Crippen molar-refractivity contribution in [2.24, 2.45) is 0 Å². The quantitative estimate of drug-likeness (QED) is 0.905. The van der Waals surface area contributed by atoms with E-state index in [4.69, 9.17) is 4.52 Å². The number of aromatic nitrogens is 4. The lowest BCUT2D eigenvalue weighted by Gasteiger charge is -2.32. The monoisotopic (exact) mass is 314 g/mol. The second-order valence-electron chi connectivity index (χ2n) is 6.56. The number of hydrogen-bond donors (Lipinski definition) is 1. The van der Waals surface area contributed by atoms with E-state index in [1.807, 2.05) is 13.0 Å².